The first-order chi connectivity index (χ1) is 12.4. The lowest BCUT2D eigenvalue weighted by molar-refractivity contribution is 0.0273. The van der Waals surface area contributed by atoms with Crippen molar-refractivity contribution in [3.63, 3.8) is 0 Å². The third kappa shape index (κ3) is 5.21. The van der Waals surface area contributed by atoms with Crippen LogP contribution in [-0.4, -0.2) is 39.1 Å². The summed E-state index contributed by atoms with van der Waals surface area (Å²) < 4.78 is 24.2. The van der Waals surface area contributed by atoms with E-state index in [2.05, 4.69) is 35.6 Å². The highest BCUT2D eigenvalue weighted by atomic mass is 32.2. The van der Waals surface area contributed by atoms with Gasteiger partial charge in [0.2, 0.25) is 0 Å². The summed E-state index contributed by atoms with van der Waals surface area (Å²) in [6, 6.07) is 18.4. The van der Waals surface area contributed by atoms with Crippen LogP contribution in [0.1, 0.15) is 17.2 Å². The first-order valence-electron chi connectivity index (χ1n) is 8.70. The Bertz CT molecular complexity index is 635. The molecule has 3 nitrogen and oxygen atoms in total. The summed E-state index contributed by atoms with van der Waals surface area (Å²) in [4.78, 5) is 1.06. The van der Waals surface area contributed by atoms with Crippen molar-refractivity contribution in [1.29, 1.82) is 0 Å². The van der Waals surface area contributed by atoms with E-state index < -0.39 is 0 Å². The predicted molar refractivity (Wildman–Crippen MR) is 100 cm³/mol. The lowest BCUT2D eigenvalue weighted by atomic mass is 10.1. The molecule has 1 aliphatic heterocycles. The molecule has 0 unspecified atom stereocenters. The molecule has 2 aromatic carbocycles. The van der Waals surface area contributed by atoms with E-state index in [1.807, 2.05) is 24.3 Å². The zero-order chi connectivity index (χ0) is 17.3. The van der Waals surface area contributed by atoms with Gasteiger partial charge >= 0.3 is 0 Å². The van der Waals surface area contributed by atoms with Crippen molar-refractivity contribution in [2.45, 2.75) is 22.7 Å². The van der Waals surface area contributed by atoms with Crippen LogP contribution in [0.4, 0.5) is 4.39 Å². The summed E-state index contributed by atoms with van der Waals surface area (Å²) in [6.45, 7) is 2.49. The van der Waals surface area contributed by atoms with Crippen LogP contribution < -0.4 is 10.1 Å². The Morgan fingerprint density at radius 3 is 2.72 bits per heavy atom. The average molecular weight is 361 g/mol. The topological polar surface area (TPSA) is 30.5 Å². The molecule has 0 spiro atoms. The average Bonchev–Trinajstić information content (AvgIpc) is 2.69. The maximum absolute atomic E-state index is 12.4. The van der Waals surface area contributed by atoms with Crippen LogP contribution in [-0.2, 0) is 4.74 Å². The highest BCUT2D eigenvalue weighted by Gasteiger charge is 2.27. The standard InChI is InChI=1S/C20H24FNO2S/c21-11-6-13-23-17-9-4-5-10-19(17)25-20(16-7-2-1-3-8-16)18-15-22-12-14-24-18/h1-5,7-10,18,20,22H,6,11-15H2/t18-,20-/m0/s1. The van der Waals surface area contributed by atoms with Crippen LogP contribution in [0.2, 0.25) is 0 Å². The van der Waals surface area contributed by atoms with Gasteiger partial charge in [-0.2, -0.15) is 0 Å². The number of ether oxygens (including phenoxy) is 2. The highest BCUT2D eigenvalue weighted by Crippen LogP contribution is 2.43. The Labute approximate surface area is 152 Å². The third-order valence-corrected chi connectivity index (χ3v) is 5.48. The largest absolute Gasteiger partial charge is 0.492 e. The number of alkyl halides is 1. The zero-order valence-electron chi connectivity index (χ0n) is 14.2. The maximum atomic E-state index is 12.4. The van der Waals surface area contributed by atoms with Gasteiger partial charge < -0.3 is 14.8 Å². The van der Waals surface area contributed by atoms with Gasteiger partial charge in [0.1, 0.15) is 5.75 Å². The quantitative estimate of drug-likeness (QED) is 0.563. The molecule has 0 aliphatic carbocycles. The summed E-state index contributed by atoms with van der Waals surface area (Å²) in [5.74, 6) is 0.811. The van der Waals surface area contributed by atoms with Gasteiger partial charge in [0, 0.05) is 19.5 Å². The van der Waals surface area contributed by atoms with E-state index in [1.165, 1.54) is 5.56 Å². The molecule has 5 heteroatoms. The first-order valence-corrected chi connectivity index (χ1v) is 9.58. The predicted octanol–water partition coefficient (Wildman–Crippen LogP) is 4.25. The molecular formula is C20H24FNO2S. The molecule has 3 rings (SSSR count). The molecule has 25 heavy (non-hydrogen) atoms. The molecule has 134 valence electrons. The van der Waals surface area contributed by atoms with E-state index in [-0.39, 0.29) is 18.0 Å². The number of halogens is 1. The molecule has 0 saturated carbocycles. The Morgan fingerprint density at radius 1 is 1.16 bits per heavy atom. The number of hydrogen-bond donors (Lipinski definition) is 1. The van der Waals surface area contributed by atoms with Crippen molar-refractivity contribution in [2.24, 2.45) is 0 Å². The molecule has 1 heterocycles. The van der Waals surface area contributed by atoms with Gasteiger partial charge in [-0.25, -0.2) is 0 Å². The SMILES string of the molecule is FCCCOc1ccccc1S[C@@H](c1ccccc1)[C@@H]1CNCCO1. The summed E-state index contributed by atoms with van der Waals surface area (Å²) in [6.07, 6.45) is 0.511. The van der Waals surface area contributed by atoms with Crippen LogP contribution >= 0.6 is 11.8 Å². The van der Waals surface area contributed by atoms with E-state index in [1.54, 1.807) is 11.8 Å². The van der Waals surface area contributed by atoms with Crippen LogP contribution in [0.5, 0.6) is 5.75 Å². The lowest BCUT2D eigenvalue weighted by Crippen LogP contribution is -2.41. The molecule has 2 aromatic rings. The Morgan fingerprint density at radius 2 is 1.96 bits per heavy atom. The molecule has 0 aromatic heterocycles. The van der Waals surface area contributed by atoms with E-state index in [0.717, 1.165) is 30.3 Å². The number of benzene rings is 2. The molecule has 0 bridgehead atoms. The van der Waals surface area contributed by atoms with Crippen molar-refractivity contribution in [2.75, 3.05) is 33.0 Å². The molecule has 0 amide bonds. The van der Waals surface area contributed by atoms with Crippen LogP contribution in [0.25, 0.3) is 0 Å². The van der Waals surface area contributed by atoms with E-state index in [9.17, 15) is 4.39 Å². The minimum Gasteiger partial charge on any atom is -0.492 e. The number of thioether (sulfide) groups is 1. The van der Waals surface area contributed by atoms with Gasteiger partial charge in [0.15, 0.2) is 0 Å². The van der Waals surface area contributed by atoms with Crippen LogP contribution in [0, 0.1) is 0 Å². The molecule has 1 saturated heterocycles. The minimum absolute atomic E-state index is 0.0973. The van der Waals surface area contributed by atoms with Crippen molar-refractivity contribution < 1.29 is 13.9 Å². The third-order valence-electron chi connectivity index (χ3n) is 4.06. The fraction of sp³-hybridized carbons (Fsp3) is 0.400. The molecule has 0 radical (unpaired) electrons. The molecule has 1 N–H and O–H groups in total. The number of para-hydroxylation sites is 1. The van der Waals surface area contributed by atoms with Crippen molar-refractivity contribution in [3.8, 4) is 5.75 Å². The van der Waals surface area contributed by atoms with Gasteiger partial charge in [0.05, 0.1) is 36.1 Å². The second-order valence-corrected chi connectivity index (χ2v) is 7.08. The normalized spacial score (nSPS) is 18.7. The van der Waals surface area contributed by atoms with Gasteiger partial charge in [-0.3, -0.25) is 4.39 Å². The molecule has 1 aliphatic rings. The minimum atomic E-state index is -0.358. The van der Waals surface area contributed by atoms with E-state index in [4.69, 9.17) is 9.47 Å². The number of morpholine rings is 1. The summed E-state index contributed by atoms with van der Waals surface area (Å²) in [7, 11) is 0. The molecule has 2 atom stereocenters. The van der Waals surface area contributed by atoms with Crippen LogP contribution in [0.3, 0.4) is 0 Å². The van der Waals surface area contributed by atoms with Gasteiger partial charge in [-0.1, -0.05) is 42.5 Å². The van der Waals surface area contributed by atoms with E-state index in [0.29, 0.717) is 13.0 Å². The summed E-state index contributed by atoms with van der Waals surface area (Å²) in [5.41, 5.74) is 1.24. The summed E-state index contributed by atoms with van der Waals surface area (Å²) >= 11 is 1.75. The zero-order valence-corrected chi connectivity index (χ0v) is 15.0. The maximum Gasteiger partial charge on any atom is 0.132 e. The highest BCUT2D eigenvalue weighted by molar-refractivity contribution is 7.99. The smallest absolute Gasteiger partial charge is 0.132 e. The summed E-state index contributed by atoms with van der Waals surface area (Å²) in [5, 5.41) is 3.58. The number of hydrogen-bond acceptors (Lipinski definition) is 4. The second-order valence-electron chi connectivity index (χ2n) is 5.90. The van der Waals surface area contributed by atoms with Crippen LogP contribution in [0.15, 0.2) is 59.5 Å². The Balaban J connectivity index is 1.80. The van der Waals surface area contributed by atoms with E-state index >= 15 is 0 Å². The van der Waals surface area contributed by atoms with Gasteiger partial charge in [0.25, 0.3) is 0 Å². The first kappa shape index (κ1) is 18.2. The van der Waals surface area contributed by atoms with Gasteiger partial charge in [-0.15, -0.1) is 11.8 Å². The number of nitrogens with one attached hydrogen (secondary N) is 1. The second kappa shape index (κ2) is 9.80. The Kier molecular flexibility index (Phi) is 7.15. The Hall–Kier alpha value is -1.56. The monoisotopic (exact) mass is 361 g/mol. The van der Waals surface area contributed by atoms with Crippen molar-refractivity contribution >= 4 is 11.8 Å². The van der Waals surface area contributed by atoms with Gasteiger partial charge in [-0.05, 0) is 17.7 Å². The van der Waals surface area contributed by atoms with Crippen molar-refractivity contribution in [3.05, 3.63) is 60.2 Å². The fourth-order valence-corrected chi connectivity index (χ4v) is 4.12. The lowest BCUT2D eigenvalue weighted by Gasteiger charge is -2.31. The number of rotatable bonds is 8. The molecular weight excluding hydrogens is 337 g/mol. The molecule has 1 fully saturated rings. The van der Waals surface area contributed by atoms with Crippen molar-refractivity contribution in [1.82, 2.24) is 5.32 Å². The fourth-order valence-electron chi connectivity index (χ4n) is 2.82.